The molecule has 102 valence electrons. The van der Waals surface area contributed by atoms with Gasteiger partial charge in [0, 0.05) is 12.0 Å². The molecule has 0 unspecified atom stereocenters. The van der Waals surface area contributed by atoms with E-state index < -0.39 is 0 Å². The van der Waals surface area contributed by atoms with Crippen molar-refractivity contribution in [3.63, 3.8) is 0 Å². The van der Waals surface area contributed by atoms with E-state index in [1.54, 1.807) is 0 Å². The molecule has 2 N–H and O–H groups in total. The Morgan fingerprint density at radius 2 is 1.90 bits per heavy atom. The van der Waals surface area contributed by atoms with E-state index in [1.165, 1.54) is 22.4 Å². The molecule has 2 heterocycles. The average molecular weight is 265 g/mol. The van der Waals surface area contributed by atoms with Gasteiger partial charge in [-0.25, -0.2) is 4.98 Å². The van der Waals surface area contributed by atoms with Crippen LogP contribution in [0.3, 0.4) is 0 Å². The minimum Gasteiger partial charge on any atom is -0.330 e. The van der Waals surface area contributed by atoms with Crippen LogP contribution in [0.15, 0.2) is 42.6 Å². The summed E-state index contributed by atoms with van der Waals surface area (Å²) in [6.07, 6.45) is 2.70. The first-order valence-electron chi connectivity index (χ1n) is 6.94. The fourth-order valence-corrected chi connectivity index (χ4v) is 2.66. The van der Waals surface area contributed by atoms with Gasteiger partial charge in [-0.2, -0.15) is 0 Å². The summed E-state index contributed by atoms with van der Waals surface area (Å²) in [7, 11) is 0. The number of rotatable bonds is 3. The second-order valence-corrected chi connectivity index (χ2v) is 5.13. The lowest BCUT2D eigenvalue weighted by Gasteiger charge is -2.12. The smallest absolute Gasteiger partial charge is 0.114 e. The molecule has 3 aromatic rings. The summed E-state index contributed by atoms with van der Waals surface area (Å²) in [5.41, 5.74) is 11.9. The average Bonchev–Trinajstić information content (AvgIpc) is 2.86. The van der Waals surface area contributed by atoms with Crippen molar-refractivity contribution in [3.05, 3.63) is 59.5 Å². The molecule has 3 heteroatoms. The van der Waals surface area contributed by atoms with Gasteiger partial charge in [0.25, 0.3) is 0 Å². The highest BCUT2D eigenvalue weighted by Gasteiger charge is 2.11. The van der Waals surface area contributed by atoms with Gasteiger partial charge in [0.05, 0.1) is 17.4 Å². The number of imidazole rings is 1. The summed E-state index contributed by atoms with van der Waals surface area (Å²) in [6.45, 7) is 4.93. The molecule has 0 saturated heterocycles. The number of nitrogens with zero attached hydrogens (tertiary/aromatic N) is 2. The predicted molar refractivity (Wildman–Crippen MR) is 82.9 cm³/mol. The zero-order chi connectivity index (χ0) is 14.1. The molecule has 0 bridgehead atoms. The van der Waals surface area contributed by atoms with Crippen molar-refractivity contribution in [2.24, 2.45) is 5.73 Å². The maximum atomic E-state index is 5.70. The van der Waals surface area contributed by atoms with E-state index in [0.717, 1.165) is 17.8 Å². The Labute approximate surface area is 119 Å². The van der Waals surface area contributed by atoms with Crippen molar-refractivity contribution in [2.75, 3.05) is 6.54 Å². The summed E-state index contributed by atoms with van der Waals surface area (Å²) in [5, 5.41) is 0. The van der Waals surface area contributed by atoms with Gasteiger partial charge >= 0.3 is 0 Å². The minimum atomic E-state index is 0.611. The molecule has 3 nitrogen and oxygen atoms in total. The van der Waals surface area contributed by atoms with Crippen molar-refractivity contribution < 1.29 is 0 Å². The predicted octanol–water partition coefficient (Wildman–Crippen LogP) is 3.12. The number of aromatic nitrogens is 2. The summed E-state index contributed by atoms with van der Waals surface area (Å²) in [5.74, 6) is 1.03. The molecule has 0 aliphatic heterocycles. The highest BCUT2D eigenvalue weighted by atomic mass is 15.0. The van der Waals surface area contributed by atoms with Crippen molar-refractivity contribution in [3.8, 4) is 11.3 Å². The number of benzene rings is 1. The third-order valence-electron chi connectivity index (χ3n) is 3.87. The number of fused-ring (bicyclic) bond motifs is 1. The Morgan fingerprint density at radius 3 is 2.70 bits per heavy atom. The molecule has 2 aromatic heterocycles. The quantitative estimate of drug-likeness (QED) is 0.790. The lowest BCUT2D eigenvalue weighted by molar-refractivity contribution is 0.865. The summed E-state index contributed by atoms with van der Waals surface area (Å²) < 4.78 is 2.22. The monoisotopic (exact) mass is 265 g/mol. The third-order valence-corrected chi connectivity index (χ3v) is 3.87. The van der Waals surface area contributed by atoms with Crippen LogP contribution in [0.5, 0.6) is 0 Å². The molecule has 3 rings (SSSR count). The first-order valence-corrected chi connectivity index (χ1v) is 6.94. The molecular weight excluding hydrogens is 246 g/mol. The maximum absolute atomic E-state index is 5.70. The van der Waals surface area contributed by atoms with Crippen LogP contribution in [0.1, 0.15) is 17.0 Å². The fourth-order valence-electron chi connectivity index (χ4n) is 2.66. The van der Waals surface area contributed by atoms with Gasteiger partial charge in [0.15, 0.2) is 0 Å². The standard InChI is InChI=1S/C17H19N3/c1-12-5-3-7-15(13(12)2)16-8-4-6-14-11-19-17(9-10-18)20(14)16/h3-8,11H,9-10,18H2,1-2H3. The van der Waals surface area contributed by atoms with Crippen LogP contribution >= 0.6 is 0 Å². The fraction of sp³-hybridized carbons (Fsp3) is 0.235. The molecular formula is C17H19N3. The van der Waals surface area contributed by atoms with Crippen LogP contribution in [0, 0.1) is 13.8 Å². The summed E-state index contributed by atoms with van der Waals surface area (Å²) in [4.78, 5) is 4.51. The first kappa shape index (κ1) is 12.9. The maximum Gasteiger partial charge on any atom is 0.114 e. The Hall–Kier alpha value is -2.13. The van der Waals surface area contributed by atoms with Gasteiger partial charge in [0.2, 0.25) is 0 Å². The molecule has 0 radical (unpaired) electrons. The topological polar surface area (TPSA) is 43.3 Å². The van der Waals surface area contributed by atoms with Gasteiger partial charge in [-0.05, 0) is 43.7 Å². The summed E-state index contributed by atoms with van der Waals surface area (Å²) >= 11 is 0. The largest absolute Gasteiger partial charge is 0.330 e. The van der Waals surface area contributed by atoms with E-state index in [2.05, 4.69) is 59.6 Å². The van der Waals surface area contributed by atoms with Crippen LogP contribution in [-0.2, 0) is 6.42 Å². The normalized spacial score (nSPS) is 11.2. The van der Waals surface area contributed by atoms with Crippen molar-refractivity contribution in [1.82, 2.24) is 9.38 Å². The minimum absolute atomic E-state index is 0.611. The number of pyridine rings is 1. The zero-order valence-corrected chi connectivity index (χ0v) is 11.9. The molecule has 0 fully saturated rings. The van der Waals surface area contributed by atoms with E-state index in [9.17, 15) is 0 Å². The van der Waals surface area contributed by atoms with E-state index in [1.807, 2.05) is 6.20 Å². The van der Waals surface area contributed by atoms with E-state index in [4.69, 9.17) is 5.73 Å². The van der Waals surface area contributed by atoms with Crippen molar-refractivity contribution >= 4 is 5.52 Å². The Balaban J connectivity index is 2.30. The van der Waals surface area contributed by atoms with Crippen LogP contribution in [0.2, 0.25) is 0 Å². The second kappa shape index (κ2) is 5.10. The third kappa shape index (κ3) is 2.00. The zero-order valence-electron chi connectivity index (χ0n) is 11.9. The number of aryl methyl sites for hydroxylation is 1. The molecule has 0 aliphatic rings. The highest BCUT2D eigenvalue weighted by molar-refractivity contribution is 5.69. The molecule has 0 saturated carbocycles. The van der Waals surface area contributed by atoms with Crippen molar-refractivity contribution in [2.45, 2.75) is 20.3 Å². The molecule has 0 spiro atoms. The molecule has 20 heavy (non-hydrogen) atoms. The van der Waals surface area contributed by atoms with E-state index in [0.29, 0.717) is 6.54 Å². The van der Waals surface area contributed by atoms with Crippen LogP contribution < -0.4 is 5.73 Å². The molecule has 0 amide bonds. The molecule has 0 atom stereocenters. The van der Waals surface area contributed by atoms with Crippen molar-refractivity contribution in [1.29, 1.82) is 0 Å². The van der Waals surface area contributed by atoms with Gasteiger partial charge in [-0.3, -0.25) is 4.40 Å². The van der Waals surface area contributed by atoms with Gasteiger partial charge in [-0.1, -0.05) is 24.3 Å². The second-order valence-electron chi connectivity index (χ2n) is 5.13. The van der Waals surface area contributed by atoms with Crippen LogP contribution in [0.4, 0.5) is 0 Å². The van der Waals surface area contributed by atoms with Crippen LogP contribution in [0.25, 0.3) is 16.8 Å². The molecule has 0 aliphatic carbocycles. The van der Waals surface area contributed by atoms with E-state index in [-0.39, 0.29) is 0 Å². The van der Waals surface area contributed by atoms with Crippen LogP contribution in [-0.4, -0.2) is 15.9 Å². The SMILES string of the molecule is Cc1cccc(-c2cccc3cnc(CCN)n23)c1C. The molecule has 1 aromatic carbocycles. The first-order chi connectivity index (χ1) is 9.72. The van der Waals surface area contributed by atoms with E-state index >= 15 is 0 Å². The number of hydrogen-bond acceptors (Lipinski definition) is 2. The van der Waals surface area contributed by atoms with Gasteiger partial charge < -0.3 is 5.73 Å². The number of hydrogen-bond donors (Lipinski definition) is 1. The Bertz CT molecular complexity index is 756. The van der Waals surface area contributed by atoms with Gasteiger partial charge in [0.1, 0.15) is 5.82 Å². The lowest BCUT2D eigenvalue weighted by Crippen LogP contribution is -2.07. The highest BCUT2D eigenvalue weighted by Crippen LogP contribution is 2.27. The Morgan fingerprint density at radius 1 is 1.10 bits per heavy atom. The van der Waals surface area contributed by atoms with Gasteiger partial charge in [-0.15, -0.1) is 0 Å². The Kier molecular flexibility index (Phi) is 3.28. The number of nitrogens with two attached hydrogens (primary N) is 1. The lowest BCUT2D eigenvalue weighted by atomic mass is 10.0. The summed E-state index contributed by atoms with van der Waals surface area (Å²) in [6, 6.07) is 12.7.